The minimum absolute atomic E-state index is 0.349. The summed E-state index contributed by atoms with van der Waals surface area (Å²) >= 11 is 0. The van der Waals surface area contributed by atoms with Crippen molar-refractivity contribution in [3.05, 3.63) is 71.4 Å². The van der Waals surface area contributed by atoms with Gasteiger partial charge in [0.15, 0.2) is 0 Å². The number of fused-ring (bicyclic) bond motifs is 1. The quantitative estimate of drug-likeness (QED) is 0.765. The Morgan fingerprint density at radius 1 is 1.26 bits per heavy atom. The largest absolute Gasteiger partial charge is 0.382 e. The van der Waals surface area contributed by atoms with Crippen LogP contribution in [0.25, 0.3) is 5.65 Å². The lowest BCUT2D eigenvalue weighted by Gasteiger charge is -2.09. The molecule has 3 aromatic rings. The van der Waals surface area contributed by atoms with Crippen molar-refractivity contribution in [3.63, 3.8) is 0 Å². The summed E-state index contributed by atoms with van der Waals surface area (Å²) in [6.07, 6.45) is 2.68. The molecule has 0 aliphatic rings. The molecule has 0 spiro atoms. The molecule has 0 aliphatic carbocycles. The molecule has 0 bridgehead atoms. The monoisotopic (exact) mass is 256 g/mol. The fourth-order valence-electron chi connectivity index (χ4n) is 2.18. The van der Waals surface area contributed by atoms with Gasteiger partial charge in [0.1, 0.15) is 17.6 Å². The molecule has 3 rings (SSSR count). The van der Waals surface area contributed by atoms with Crippen molar-refractivity contribution in [2.75, 3.05) is 0 Å². The molecule has 19 heavy (non-hydrogen) atoms. The SMILES string of the molecule is Cc1cc(F)cc(C(O)c2cn3ccccc3n2)c1. The maximum Gasteiger partial charge on any atom is 0.137 e. The van der Waals surface area contributed by atoms with Crippen molar-refractivity contribution in [2.24, 2.45) is 0 Å². The summed E-state index contributed by atoms with van der Waals surface area (Å²) in [5.74, 6) is -0.349. The Morgan fingerprint density at radius 3 is 2.84 bits per heavy atom. The van der Waals surface area contributed by atoms with Gasteiger partial charge in [-0.15, -0.1) is 0 Å². The molecule has 2 heterocycles. The summed E-state index contributed by atoms with van der Waals surface area (Å²) in [5, 5.41) is 10.3. The van der Waals surface area contributed by atoms with Gasteiger partial charge in [0, 0.05) is 12.4 Å². The van der Waals surface area contributed by atoms with E-state index in [9.17, 15) is 9.50 Å². The Kier molecular flexibility index (Phi) is 2.80. The van der Waals surface area contributed by atoms with Gasteiger partial charge in [-0.2, -0.15) is 0 Å². The average Bonchev–Trinajstić information content (AvgIpc) is 2.80. The predicted octanol–water partition coefficient (Wildman–Crippen LogP) is 2.86. The number of aliphatic hydroxyl groups excluding tert-OH is 1. The standard InChI is InChI=1S/C15H13FN2O/c1-10-6-11(8-12(16)7-10)15(19)13-9-18-5-3-2-4-14(18)17-13/h2-9,15,19H,1H3. The number of pyridine rings is 1. The van der Waals surface area contributed by atoms with Gasteiger partial charge >= 0.3 is 0 Å². The van der Waals surface area contributed by atoms with Crippen LogP contribution in [-0.4, -0.2) is 14.5 Å². The van der Waals surface area contributed by atoms with E-state index in [1.54, 1.807) is 19.2 Å². The van der Waals surface area contributed by atoms with Crippen LogP contribution < -0.4 is 0 Å². The third kappa shape index (κ3) is 2.22. The van der Waals surface area contributed by atoms with Gasteiger partial charge in [-0.3, -0.25) is 0 Å². The number of halogens is 1. The zero-order valence-corrected chi connectivity index (χ0v) is 10.4. The molecule has 4 heteroatoms. The van der Waals surface area contributed by atoms with Crippen molar-refractivity contribution in [1.82, 2.24) is 9.38 Å². The maximum absolute atomic E-state index is 13.4. The van der Waals surface area contributed by atoms with E-state index in [4.69, 9.17) is 0 Å². The van der Waals surface area contributed by atoms with E-state index in [0.717, 1.165) is 11.2 Å². The Labute approximate surface area is 110 Å². The first-order valence-corrected chi connectivity index (χ1v) is 6.02. The highest BCUT2D eigenvalue weighted by atomic mass is 19.1. The van der Waals surface area contributed by atoms with Crippen LogP contribution in [0.5, 0.6) is 0 Å². The third-order valence-corrected chi connectivity index (χ3v) is 3.04. The molecule has 0 radical (unpaired) electrons. The van der Waals surface area contributed by atoms with Crippen LogP contribution in [0, 0.1) is 12.7 Å². The van der Waals surface area contributed by atoms with Gasteiger partial charge in [0.2, 0.25) is 0 Å². The number of aliphatic hydroxyl groups is 1. The Bertz CT molecular complexity index is 683. The van der Waals surface area contributed by atoms with Crippen LogP contribution in [0.3, 0.4) is 0 Å². The lowest BCUT2D eigenvalue weighted by molar-refractivity contribution is 0.215. The summed E-state index contributed by atoms with van der Waals surface area (Å²) in [4.78, 5) is 4.34. The molecule has 2 aromatic heterocycles. The first-order valence-electron chi connectivity index (χ1n) is 6.02. The molecule has 1 unspecified atom stereocenters. The van der Waals surface area contributed by atoms with Gasteiger partial charge in [0.05, 0.1) is 5.69 Å². The van der Waals surface area contributed by atoms with Crippen LogP contribution in [0.4, 0.5) is 4.39 Å². The lowest BCUT2D eigenvalue weighted by Crippen LogP contribution is -2.01. The molecule has 1 atom stereocenters. The van der Waals surface area contributed by atoms with Gasteiger partial charge in [-0.05, 0) is 42.3 Å². The molecule has 96 valence electrons. The number of nitrogens with zero attached hydrogens (tertiary/aromatic N) is 2. The highest BCUT2D eigenvalue weighted by Gasteiger charge is 2.15. The van der Waals surface area contributed by atoms with Crippen LogP contribution in [-0.2, 0) is 0 Å². The topological polar surface area (TPSA) is 37.5 Å². The molecular weight excluding hydrogens is 243 g/mol. The van der Waals surface area contributed by atoms with Gasteiger partial charge < -0.3 is 9.51 Å². The minimum Gasteiger partial charge on any atom is -0.382 e. The molecule has 0 saturated heterocycles. The van der Waals surface area contributed by atoms with E-state index in [2.05, 4.69) is 4.98 Å². The number of benzene rings is 1. The van der Waals surface area contributed by atoms with Crippen LogP contribution >= 0.6 is 0 Å². The number of imidazole rings is 1. The lowest BCUT2D eigenvalue weighted by atomic mass is 10.0. The molecule has 0 aliphatic heterocycles. The Morgan fingerprint density at radius 2 is 2.11 bits per heavy atom. The molecule has 0 amide bonds. The van der Waals surface area contributed by atoms with Crippen molar-refractivity contribution in [3.8, 4) is 0 Å². The van der Waals surface area contributed by atoms with E-state index in [1.165, 1.54) is 12.1 Å². The first-order chi connectivity index (χ1) is 9.13. The second-order valence-electron chi connectivity index (χ2n) is 4.60. The molecule has 0 fully saturated rings. The zero-order valence-electron chi connectivity index (χ0n) is 10.4. The van der Waals surface area contributed by atoms with E-state index >= 15 is 0 Å². The van der Waals surface area contributed by atoms with Crippen molar-refractivity contribution in [2.45, 2.75) is 13.0 Å². The van der Waals surface area contributed by atoms with Gasteiger partial charge in [-0.25, -0.2) is 9.37 Å². The summed E-state index contributed by atoms with van der Waals surface area (Å²) in [5.41, 5.74) is 2.56. The zero-order chi connectivity index (χ0) is 13.4. The van der Waals surface area contributed by atoms with Crippen molar-refractivity contribution in [1.29, 1.82) is 0 Å². The fraction of sp³-hybridized carbons (Fsp3) is 0.133. The number of hydrogen-bond acceptors (Lipinski definition) is 2. The van der Waals surface area contributed by atoms with E-state index < -0.39 is 6.10 Å². The summed E-state index contributed by atoms with van der Waals surface area (Å²) in [6, 6.07) is 10.1. The smallest absolute Gasteiger partial charge is 0.137 e. The third-order valence-electron chi connectivity index (χ3n) is 3.04. The number of rotatable bonds is 2. The van der Waals surface area contributed by atoms with Gasteiger partial charge in [0.25, 0.3) is 0 Å². The maximum atomic E-state index is 13.4. The van der Waals surface area contributed by atoms with Crippen LogP contribution in [0.1, 0.15) is 22.9 Å². The Hall–Kier alpha value is -2.20. The molecule has 3 nitrogen and oxygen atoms in total. The highest BCUT2D eigenvalue weighted by molar-refractivity contribution is 5.41. The minimum atomic E-state index is -0.922. The van der Waals surface area contributed by atoms with Crippen LogP contribution in [0.2, 0.25) is 0 Å². The van der Waals surface area contributed by atoms with E-state index in [-0.39, 0.29) is 5.82 Å². The molecule has 1 aromatic carbocycles. The van der Waals surface area contributed by atoms with Crippen LogP contribution in [0.15, 0.2) is 48.8 Å². The van der Waals surface area contributed by atoms with E-state index in [1.807, 2.05) is 28.8 Å². The summed E-state index contributed by atoms with van der Waals surface area (Å²) in [6.45, 7) is 1.79. The van der Waals surface area contributed by atoms with Gasteiger partial charge in [-0.1, -0.05) is 12.1 Å². The Balaban J connectivity index is 2.05. The predicted molar refractivity (Wildman–Crippen MR) is 70.4 cm³/mol. The normalized spacial score (nSPS) is 12.8. The number of hydrogen-bond donors (Lipinski definition) is 1. The first kappa shape index (κ1) is 11.9. The number of aryl methyl sites for hydroxylation is 1. The highest BCUT2D eigenvalue weighted by Crippen LogP contribution is 2.23. The van der Waals surface area contributed by atoms with Crippen molar-refractivity contribution < 1.29 is 9.50 Å². The second kappa shape index (κ2) is 4.48. The number of aromatic nitrogens is 2. The molecular formula is C15H13FN2O. The van der Waals surface area contributed by atoms with Crippen molar-refractivity contribution >= 4 is 5.65 Å². The average molecular weight is 256 g/mol. The fourth-order valence-corrected chi connectivity index (χ4v) is 2.18. The summed E-state index contributed by atoms with van der Waals surface area (Å²) in [7, 11) is 0. The second-order valence-corrected chi connectivity index (χ2v) is 4.60. The molecule has 0 saturated carbocycles. The van der Waals surface area contributed by atoms with E-state index in [0.29, 0.717) is 11.3 Å². The summed E-state index contributed by atoms with van der Waals surface area (Å²) < 4.78 is 15.2. The molecule has 1 N–H and O–H groups in total.